The molecule has 1 atom stereocenters. The third-order valence-corrected chi connectivity index (χ3v) is 2.01. The molecule has 2 rings (SSSR count). The number of Topliss-reactive ketones (excluding diaryl/α,β-unsaturated/α-hetero) is 1. The van der Waals surface area contributed by atoms with E-state index in [0.717, 1.165) is 6.54 Å². The number of benzene rings is 1. The monoisotopic (exact) mass is 177 g/mol. The fourth-order valence-corrected chi connectivity index (χ4v) is 1.35. The van der Waals surface area contributed by atoms with E-state index < -0.39 is 6.23 Å². The number of carbonyl (C=O) groups excluding carboxylic acids is 1. The zero-order valence-electron chi connectivity index (χ0n) is 7.19. The number of rotatable bonds is 2. The van der Waals surface area contributed by atoms with Crippen LogP contribution in [0.2, 0.25) is 0 Å². The molecule has 3 nitrogen and oxygen atoms in total. The second-order valence-corrected chi connectivity index (χ2v) is 2.94. The fraction of sp³-hybridized carbons (Fsp3) is 0.300. The first-order valence-electron chi connectivity index (χ1n) is 4.32. The summed E-state index contributed by atoms with van der Waals surface area (Å²) in [4.78, 5) is 11.7. The van der Waals surface area contributed by atoms with E-state index in [2.05, 4.69) is 5.32 Å². The molecule has 0 amide bonds. The van der Waals surface area contributed by atoms with Crippen LogP contribution in [0.4, 0.5) is 0 Å². The lowest BCUT2D eigenvalue weighted by molar-refractivity contribution is 0.0605. The second kappa shape index (κ2) is 3.68. The highest BCUT2D eigenvalue weighted by molar-refractivity contribution is 5.99. The highest BCUT2D eigenvalue weighted by Crippen LogP contribution is 2.06. The van der Waals surface area contributed by atoms with Crippen LogP contribution in [0.5, 0.6) is 0 Å². The maximum Gasteiger partial charge on any atom is 0.206 e. The lowest BCUT2D eigenvalue weighted by Gasteiger charge is -2.07. The molecule has 1 N–H and O–H groups in total. The Morgan fingerprint density at radius 2 is 2.15 bits per heavy atom. The van der Waals surface area contributed by atoms with Crippen molar-refractivity contribution in [3.05, 3.63) is 35.9 Å². The van der Waals surface area contributed by atoms with Gasteiger partial charge in [0.1, 0.15) is 0 Å². The molecule has 68 valence electrons. The zero-order valence-corrected chi connectivity index (χ0v) is 7.19. The van der Waals surface area contributed by atoms with Gasteiger partial charge in [0.05, 0.1) is 6.61 Å². The van der Waals surface area contributed by atoms with Crippen LogP contribution in [-0.2, 0) is 4.74 Å². The maximum absolute atomic E-state index is 11.7. The topological polar surface area (TPSA) is 38.3 Å². The van der Waals surface area contributed by atoms with Crippen molar-refractivity contribution in [2.45, 2.75) is 6.23 Å². The molecule has 0 bridgehead atoms. The van der Waals surface area contributed by atoms with E-state index in [1.165, 1.54) is 0 Å². The van der Waals surface area contributed by atoms with Gasteiger partial charge in [0.25, 0.3) is 0 Å². The van der Waals surface area contributed by atoms with Crippen LogP contribution >= 0.6 is 0 Å². The molecular weight excluding hydrogens is 166 g/mol. The quantitative estimate of drug-likeness (QED) is 0.679. The Kier molecular flexibility index (Phi) is 2.38. The number of hydrogen-bond acceptors (Lipinski definition) is 3. The molecule has 1 fully saturated rings. The molecule has 1 aliphatic heterocycles. The number of carbonyl (C=O) groups is 1. The molecule has 3 heteroatoms. The van der Waals surface area contributed by atoms with E-state index in [1.54, 1.807) is 12.1 Å². The first kappa shape index (κ1) is 8.41. The molecule has 1 aromatic carbocycles. The van der Waals surface area contributed by atoms with Gasteiger partial charge in [0, 0.05) is 12.1 Å². The van der Waals surface area contributed by atoms with Crippen molar-refractivity contribution in [2.75, 3.05) is 13.2 Å². The van der Waals surface area contributed by atoms with E-state index in [0.29, 0.717) is 12.2 Å². The predicted octanol–water partition coefficient (Wildman–Crippen LogP) is 0.815. The van der Waals surface area contributed by atoms with Crippen molar-refractivity contribution in [2.24, 2.45) is 0 Å². The van der Waals surface area contributed by atoms with Crippen LogP contribution in [0.15, 0.2) is 30.3 Å². The zero-order chi connectivity index (χ0) is 9.10. The fourth-order valence-electron chi connectivity index (χ4n) is 1.35. The van der Waals surface area contributed by atoms with Crippen molar-refractivity contribution in [3.8, 4) is 0 Å². The minimum absolute atomic E-state index is 0.0121. The van der Waals surface area contributed by atoms with E-state index >= 15 is 0 Å². The van der Waals surface area contributed by atoms with E-state index in [9.17, 15) is 4.79 Å². The lowest BCUT2D eigenvalue weighted by atomic mass is 10.1. The van der Waals surface area contributed by atoms with Gasteiger partial charge in [-0.05, 0) is 0 Å². The molecule has 0 saturated carbocycles. The summed E-state index contributed by atoms with van der Waals surface area (Å²) in [7, 11) is 0. The Balaban J connectivity index is 2.13. The second-order valence-electron chi connectivity index (χ2n) is 2.94. The summed E-state index contributed by atoms with van der Waals surface area (Å²) in [5.74, 6) is 0.0121. The van der Waals surface area contributed by atoms with Gasteiger partial charge in [-0.2, -0.15) is 0 Å². The molecule has 0 aliphatic carbocycles. The number of hydrogen-bond donors (Lipinski definition) is 1. The molecule has 1 saturated heterocycles. The van der Waals surface area contributed by atoms with Crippen LogP contribution in [0, 0.1) is 0 Å². The van der Waals surface area contributed by atoms with E-state index in [1.807, 2.05) is 18.2 Å². The highest BCUT2D eigenvalue weighted by atomic mass is 16.5. The molecule has 13 heavy (non-hydrogen) atoms. The molecule has 0 aromatic heterocycles. The van der Waals surface area contributed by atoms with Crippen molar-refractivity contribution < 1.29 is 9.53 Å². The number of nitrogens with one attached hydrogen (secondary N) is 1. The molecule has 1 heterocycles. The molecule has 0 spiro atoms. The Hall–Kier alpha value is -1.19. The first-order chi connectivity index (χ1) is 6.38. The largest absolute Gasteiger partial charge is 0.354 e. The lowest BCUT2D eigenvalue weighted by Crippen LogP contribution is -2.31. The standard InChI is InChI=1S/C10H11NO2/c12-9(10-11-6-7-13-10)8-4-2-1-3-5-8/h1-5,10-11H,6-7H2. The average Bonchev–Trinajstić information content (AvgIpc) is 2.71. The summed E-state index contributed by atoms with van der Waals surface area (Å²) in [5, 5.41) is 2.98. The number of ether oxygens (including phenoxy) is 1. The maximum atomic E-state index is 11.7. The van der Waals surface area contributed by atoms with Crippen molar-refractivity contribution in [1.82, 2.24) is 5.32 Å². The summed E-state index contributed by atoms with van der Waals surface area (Å²) < 4.78 is 5.21. The first-order valence-corrected chi connectivity index (χ1v) is 4.32. The van der Waals surface area contributed by atoms with Crippen LogP contribution in [0.1, 0.15) is 10.4 Å². The smallest absolute Gasteiger partial charge is 0.206 e. The molecule has 1 aromatic rings. The van der Waals surface area contributed by atoms with Crippen molar-refractivity contribution >= 4 is 5.78 Å². The Morgan fingerprint density at radius 1 is 1.38 bits per heavy atom. The summed E-state index contributed by atoms with van der Waals surface area (Å²) in [6.07, 6.45) is -0.442. The summed E-state index contributed by atoms with van der Waals surface area (Å²) in [6.45, 7) is 1.37. The van der Waals surface area contributed by atoms with Gasteiger partial charge in [-0.3, -0.25) is 10.1 Å². The minimum Gasteiger partial charge on any atom is -0.354 e. The van der Waals surface area contributed by atoms with Gasteiger partial charge in [-0.25, -0.2) is 0 Å². The van der Waals surface area contributed by atoms with Gasteiger partial charge in [-0.1, -0.05) is 30.3 Å². The van der Waals surface area contributed by atoms with Gasteiger partial charge in [-0.15, -0.1) is 0 Å². The molecule has 1 aliphatic rings. The number of ketones is 1. The van der Waals surface area contributed by atoms with Crippen LogP contribution < -0.4 is 5.32 Å². The third-order valence-electron chi connectivity index (χ3n) is 2.01. The Morgan fingerprint density at radius 3 is 2.77 bits per heavy atom. The molecule has 0 radical (unpaired) electrons. The SMILES string of the molecule is O=C(c1ccccc1)C1NCCO1. The van der Waals surface area contributed by atoms with Gasteiger partial charge < -0.3 is 4.74 Å². The minimum atomic E-state index is -0.442. The van der Waals surface area contributed by atoms with Gasteiger partial charge >= 0.3 is 0 Å². The summed E-state index contributed by atoms with van der Waals surface area (Å²) >= 11 is 0. The molecule has 1 unspecified atom stereocenters. The predicted molar refractivity (Wildman–Crippen MR) is 48.5 cm³/mol. The summed E-state index contributed by atoms with van der Waals surface area (Å²) in [5.41, 5.74) is 0.696. The Bertz CT molecular complexity index is 291. The van der Waals surface area contributed by atoms with Crippen molar-refractivity contribution in [3.63, 3.8) is 0 Å². The van der Waals surface area contributed by atoms with E-state index in [4.69, 9.17) is 4.74 Å². The van der Waals surface area contributed by atoms with Crippen LogP contribution in [0.25, 0.3) is 0 Å². The normalized spacial score (nSPS) is 21.7. The van der Waals surface area contributed by atoms with Gasteiger partial charge in [0.15, 0.2) is 6.23 Å². The Labute approximate surface area is 76.7 Å². The third kappa shape index (κ3) is 1.76. The molecular formula is C10H11NO2. The highest BCUT2D eigenvalue weighted by Gasteiger charge is 2.23. The average molecular weight is 177 g/mol. The summed E-state index contributed by atoms with van der Waals surface area (Å²) in [6, 6.07) is 9.18. The van der Waals surface area contributed by atoms with E-state index in [-0.39, 0.29) is 5.78 Å². The van der Waals surface area contributed by atoms with Crippen molar-refractivity contribution in [1.29, 1.82) is 0 Å². The van der Waals surface area contributed by atoms with Gasteiger partial charge in [0.2, 0.25) is 5.78 Å². The van der Waals surface area contributed by atoms with Crippen LogP contribution in [-0.4, -0.2) is 25.2 Å². The van der Waals surface area contributed by atoms with Crippen LogP contribution in [0.3, 0.4) is 0 Å².